The Hall–Kier alpha value is -0.570. The smallest absolute Gasteiger partial charge is 0.226 e. The van der Waals surface area contributed by atoms with Crippen LogP contribution in [-0.4, -0.2) is 38.0 Å². The molecule has 0 heterocycles. The summed E-state index contributed by atoms with van der Waals surface area (Å²) in [6.45, 7) is 3.82. The van der Waals surface area contributed by atoms with Crippen LogP contribution in [0.15, 0.2) is 0 Å². The molecule has 4 saturated carbocycles. The first-order valence-corrected chi connectivity index (χ1v) is 8.41. The highest BCUT2D eigenvalue weighted by atomic mass is 16.2. The zero-order valence-corrected chi connectivity index (χ0v) is 13.3. The van der Waals surface area contributed by atoms with Crippen molar-refractivity contribution in [1.29, 1.82) is 0 Å². The van der Waals surface area contributed by atoms with Gasteiger partial charge in [-0.15, -0.1) is 0 Å². The van der Waals surface area contributed by atoms with E-state index in [1.165, 1.54) is 38.5 Å². The summed E-state index contributed by atoms with van der Waals surface area (Å²) < 4.78 is 0. The van der Waals surface area contributed by atoms with Gasteiger partial charge in [-0.05, 0) is 68.7 Å². The van der Waals surface area contributed by atoms with Gasteiger partial charge in [-0.2, -0.15) is 0 Å². The van der Waals surface area contributed by atoms with Gasteiger partial charge in [0, 0.05) is 26.1 Å². The summed E-state index contributed by atoms with van der Waals surface area (Å²) in [5, 5.41) is 3.12. The number of carbonyl (C=O) groups excluding carboxylic acids is 1. The van der Waals surface area contributed by atoms with Crippen molar-refractivity contribution in [2.45, 2.75) is 45.4 Å². The molecule has 4 aliphatic rings. The molecule has 3 heteroatoms. The van der Waals surface area contributed by atoms with E-state index in [1.54, 1.807) is 0 Å². The second-order valence-electron chi connectivity index (χ2n) is 8.07. The van der Waals surface area contributed by atoms with Crippen LogP contribution in [-0.2, 0) is 4.79 Å². The van der Waals surface area contributed by atoms with Gasteiger partial charge in [0.15, 0.2) is 0 Å². The molecule has 0 aromatic rings. The Morgan fingerprint density at radius 2 is 1.70 bits per heavy atom. The van der Waals surface area contributed by atoms with E-state index < -0.39 is 0 Å². The Kier molecular flexibility index (Phi) is 3.83. The van der Waals surface area contributed by atoms with Crippen LogP contribution in [0.5, 0.6) is 0 Å². The summed E-state index contributed by atoms with van der Waals surface area (Å²) >= 11 is 0. The molecule has 20 heavy (non-hydrogen) atoms. The fraction of sp³-hybridized carbons (Fsp3) is 0.941. The molecule has 3 nitrogen and oxygen atoms in total. The van der Waals surface area contributed by atoms with Gasteiger partial charge in [0.2, 0.25) is 5.91 Å². The van der Waals surface area contributed by atoms with E-state index in [-0.39, 0.29) is 5.92 Å². The minimum atomic E-state index is 0.0962. The largest absolute Gasteiger partial charge is 0.345 e. The monoisotopic (exact) mass is 278 g/mol. The highest BCUT2D eigenvalue weighted by Crippen LogP contribution is 2.60. The van der Waals surface area contributed by atoms with Crippen LogP contribution >= 0.6 is 0 Å². The van der Waals surface area contributed by atoms with Gasteiger partial charge in [0.1, 0.15) is 0 Å². The topological polar surface area (TPSA) is 32.3 Å². The van der Waals surface area contributed by atoms with Crippen molar-refractivity contribution in [3.63, 3.8) is 0 Å². The number of carbonyl (C=O) groups is 1. The molecule has 4 aliphatic carbocycles. The molecule has 0 saturated heterocycles. The molecule has 4 fully saturated rings. The maximum atomic E-state index is 12.4. The van der Waals surface area contributed by atoms with Gasteiger partial charge in [0.25, 0.3) is 0 Å². The molecule has 114 valence electrons. The van der Waals surface area contributed by atoms with E-state index in [2.05, 4.69) is 5.32 Å². The van der Waals surface area contributed by atoms with E-state index in [1.807, 2.05) is 25.9 Å². The highest BCUT2D eigenvalue weighted by molar-refractivity contribution is 5.78. The fourth-order valence-corrected chi connectivity index (χ4v) is 5.83. The molecule has 0 aromatic heterocycles. The predicted molar refractivity (Wildman–Crippen MR) is 81.3 cm³/mol. The zero-order valence-electron chi connectivity index (χ0n) is 13.3. The van der Waals surface area contributed by atoms with E-state index in [9.17, 15) is 4.79 Å². The fourth-order valence-electron chi connectivity index (χ4n) is 5.83. The standard InChI is InChI=1S/C17H30N2O/c1-12(10-18-2)16(20)19(3)11-17-7-13-4-14(8-17)6-15(5-13)9-17/h12-15,18H,4-11H2,1-3H3. The van der Waals surface area contributed by atoms with Gasteiger partial charge in [0.05, 0.1) is 0 Å². The lowest BCUT2D eigenvalue weighted by Crippen LogP contribution is -2.52. The first-order chi connectivity index (χ1) is 9.51. The normalized spacial score (nSPS) is 39.9. The lowest BCUT2D eigenvalue weighted by molar-refractivity contribution is -0.138. The van der Waals surface area contributed by atoms with Crippen LogP contribution in [0.1, 0.15) is 45.4 Å². The molecule has 1 unspecified atom stereocenters. The molecule has 0 aromatic carbocycles. The SMILES string of the molecule is CNCC(C)C(=O)N(C)CC12CC3CC(CC(C3)C1)C2. The van der Waals surface area contributed by atoms with E-state index in [0.717, 1.165) is 30.8 Å². The average molecular weight is 278 g/mol. The number of amides is 1. The van der Waals surface area contributed by atoms with Crippen LogP contribution in [0.3, 0.4) is 0 Å². The Balaban J connectivity index is 1.63. The highest BCUT2D eigenvalue weighted by Gasteiger charge is 2.51. The third kappa shape index (κ3) is 2.61. The molecule has 0 spiro atoms. The number of nitrogens with zero attached hydrogens (tertiary/aromatic N) is 1. The van der Waals surface area contributed by atoms with Crippen LogP contribution in [0.2, 0.25) is 0 Å². The summed E-state index contributed by atoms with van der Waals surface area (Å²) in [6, 6.07) is 0. The Labute approximate surface area is 123 Å². The third-order valence-corrected chi connectivity index (χ3v) is 6.05. The predicted octanol–water partition coefficient (Wildman–Crippen LogP) is 2.52. The van der Waals surface area contributed by atoms with Crippen LogP contribution in [0, 0.1) is 29.1 Å². The summed E-state index contributed by atoms with van der Waals surface area (Å²) in [5.41, 5.74) is 0.471. The lowest BCUT2D eigenvalue weighted by Gasteiger charge is -2.57. The van der Waals surface area contributed by atoms with Crippen molar-refractivity contribution in [3.8, 4) is 0 Å². The molecule has 1 amide bonds. The number of rotatable bonds is 5. The van der Waals surface area contributed by atoms with Crippen molar-refractivity contribution in [2.75, 3.05) is 27.2 Å². The quantitative estimate of drug-likeness (QED) is 0.838. The molecule has 4 bridgehead atoms. The van der Waals surface area contributed by atoms with Crippen molar-refractivity contribution in [3.05, 3.63) is 0 Å². The Bertz CT molecular complexity index is 344. The van der Waals surface area contributed by atoms with Crippen molar-refractivity contribution >= 4 is 5.91 Å². The molecule has 0 radical (unpaired) electrons. The molecular weight excluding hydrogens is 248 g/mol. The third-order valence-electron chi connectivity index (χ3n) is 6.05. The maximum Gasteiger partial charge on any atom is 0.226 e. The van der Waals surface area contributed by atoms with Crippen molar-refractivity contribution in [2.24, 2.45) is 29.1 Å². The minimum Gasteiger partial charge on any atom is -0.345 e. The molecule has 0 aliphatic heterocycles. The molecule has 4 rings (SSSR count). The van der Waals surface area contributed by atoms with E-state index >= 15 is 0 Å². The maximum absolute atomic E-state index is 12.4. The number of nitrogens with one attached hydrogen (secondary N) is 1. The molecular formula is C17H30N2O. The lowest BCUT2D eigenvalue weighted by atomic mass is 9.49. The van der Waals surface area contributed by atoms with Gasteiger partial charge < -0.3 is 10.2 Å². The van der Waals surface area contributed by atoms with Gasteiger partial charge >= 0.3 is 0 Å². The van der Waals surface area contributed by atoms with Gasteiger partial charge in [-0.25, -0.2) is 0 Å². The second kappa shape index (κ2) is 5.32. The first-order valence-electron chi connectivity index (χ1n) is 8.41. The second-order valence-corrected chi connectivity index (χ2v) is 8.07. The summed E-state index contributed by atoms with van der Waals surface area (Å²) in [7, 11) is 3.94. The van der Waals surface area contributed by atoms with Gasteiger partial charge in [-0.3, -0.25) is 4.79 Å². The summed E-state index contributed by atoms with van der Waals surface area (Å²) in [6.07, 6.45) is 8.60. The Morgan fingerprint density at radius 3 is 2.15 bits per heavy atom. The van der Waals surface area contributed by atoms with Crippen LogP contribution < -0.4 is 5.32 Å². The van der Waals surface area contributed by atoms with Crippen LogP contribution in [0.4, 0.5) is 0 Å². The van der Waals surface area contributed by atoms with E-state index in [0.29, 0.717) is 11.3 Å². The molecule has 1 atom stereocenters. The zero-order chi connectivity index (χ0) is 14.3. The average Bonchev–Trinajstić information content (AvgIpc) is 2.35. The van der Waals surface area contributed by atoms with Gasteiger partial charge in [-0.1, -0.05) is 6.92 Å². The first kappa shape index (κ1) is 14.4. The van der Waals surface area contributed by atoms with E-state index in [4.69, 9.17) is 0 Å². The van der Waals surface area contributed by atoms with Crippen molar-refractivity contribution < 1.29 is 4.79 Å². The Morgan fingerprint density at radius 1 is 1.20 bits per heavy atom. The summed E-state index contributed by atoms with van der Waals surface area (Å²) in [4.78, 5) is 14.5. The number of hydrogen-bond acceptors (Lipinski definition) is 2. The number of hydrogen-bond donors (Lipinski definition) is 1. The minimum absolute atomic E-state index is 0.0962. The molecule has 1 N–H and O–H groups in total. The van der Waals surface area contributed by atoms with Crippen molar-refractivity contribution in [1.82, 2.24) is 10.2 Å². The summed E-state index contributed by atoms with van der Waals surface area (Å²) in [5.74, 6) is 3.33. The van der Waals surface area contributed by atoms with Crippen LogP contribution in [0.25, 0.3) is 0 Å².